The number of piperidine rings is 1. The van der Waals surface area contributed by atoms with E-state index in [-0.39, 0.29) is 5.91 Å². The minimum Gasteiger partial charge on any atom is -0.455 e. The maximum Gasteiger partial charge on any atom is 0.287 e. The molecule has 1 aromatic rings. The van der Waals surface area contributed by atoms with Crippen LogP contribution in [0.25, 0.3) is 0 Å². The van der Waals surface area contributed by atoms with Crippen LogP contribution >= 0.6 is 0 Å². The fourth-order valence-electron chi connectivity index (χ4n) is 2.17. The quantitative estimate of drug-likeness (QED) is 0.812. The standard InChI is InChI=1S/C14H20N2O2/c1-2-8-15-14(17)13-7-6-12(18-13)11-16-9-4-3-5-10-16/h2,6-7H,1,3-5,8-11H2,(H,15,17). The van der Waals surface area contributed by atoms with Gasteiger partial charge in [-0.15, -0.1) is 6.58 Å². The molecule has 1 amide bonds. The van der Waals surface area contributed by atoms with Crippen LogP contribution in [0.4, 0.5) is 0 Å². The Labute approximate surface area is 108 Å². The first kappa shape index (κ1) is 12.9. The molecule has 0 atom stereocenters. The van der Waals surface area contributed by atoms with Crippen molar-refractivity contribution in [3.8, 4) is 0 Å². The molecule has 98 valence electrons. The number of likely N-dealkylation sites (tertiary alicyclic amines) is 1. The molecule has 1 aliphatic rings. The van der Waals surface area contributed by atoms with Crippen LogP contribution in [0, 0.1) is 0 Å². The predicted octanol–water partition coefficient (Wildman–Crippen LogP) is 2.18. The van der Waals surface area contributed by atoms with Gasteiger partial charge in [0.15, 0.2) is 5.76 Å². The van der Waals surface area contributed by atoms with Gasteiger partial charge in [0.2, 0.25) is 0 Å². The molecule has 0 spiro atoms. The van der Waals surface area contributed by atoms with E-state index in [2.05, 4.69) is 16.8 Å². The molecular formula is C14H20N2O2. The zero-order valence-corrected chi connectivity index (χ0v) is 10.7. The van der Waals surface area contributed by atoms with Gasteiger partial charge >= 0.3 is 0 Å². The molecule has 1 fully saturated rings. The maximum absolute atomic E-state index is 11.6. The first-order chi connectivity index (χ1) is 8.79. The summed E-state index contributed by atoms with van der Waals surface area (Å²) in [6, 6.07) is 3.62. The molecule has 1 saturated heterocycles. The zero-order chi connectivity index (χ0) is 12.8. The number of furan rings is 1. The van der Waals surface area contributed by atoms with E-state index in [4.69, 9.17) is 4.42 Å². The molecule has 1 N–H and O–H groups in total. The van der Waals surface area contributed by atoms with Gasteiger partial charge < -0.3 is 9.73 Å². The molecular weight excluding hydrogens is 228 g/mol. The lowest BCUT2D eigenvalue weighted by Crippen LogP contribution is -2.28. The molecule has 0 unspecified atom stereocenters. The SMILES string of the molecule is C=CCNC(=O)c1ccc(CN2CCCCC2)o1. The fraction of sp³-hybridized carbons (Fsp3) is 0.500. The van der Waals surface area contributed by atoms with E-state index in [0.717, 1.165) is 25.4 Å². The third kappa shape index (κ3) is 3.47. The fourth-order valence-corrected chi connectivity index (χ4v) is 2.17. The number of carbonyl (C=O) groups is 1. The minimum atomic E-state index is -0.181. The second-order valence-corrected chi connectivity index (χ2v) is 4.60. The van der Waals surface area contributed by atoms with E-state index in [9.17, 15) is 4.79 Å². The van der Waals surface area contributed by atoms with Crippen molar-refractivity contribution in [3.63, 3.8) is 0 Å². The van der Waals surface area contributed by atoms with Gasteiger partial charge in [-0.05, 0) is 38.1 Å². The zero-order valence-electron chi connectivity index (χ0n) is 10.7. The predicted molar refractivity (Wildman–Crippen MR) is 70.4 cm³/mol. The van der Waals surface area contributed by atoms with Crippen LogP contribution in [0.15, 0.2) is 29.2 Å². The first-order valence-corrected chi connectivity index (χ1v) is 6.50. The Morgan fingerprint density at radius 2 is 2.17 bits per heavy atom. The average molecular weight is 248 g/mol. The summed E-state index contributed by atoms with van der Waals surface area (Å²) in [5.41, 5.74) is 0. The van der Waals surface area contributed by atoms with Gasteiger partial charge in [0.05, 0.1) is 6.54 Å². The minimum absolute atomic E-state index is 0.181. The molecule has 4 nitrogen and oxygen atoms in total. The number of hydrogen-bond donors (Lipinski definition) is 1. The van der Waals surface area contributed by atoms with E-state index in [1.165, 1.54) is 19.3 Å². The highest BCUT2D eigenvalue weighted by atomic mass is 16.4. The van der Waals surface area contributed by atoms with Crippen molar-refractivity contribution < 1.29 is 9.21 Å². The lowest BCUT2D eigenvalue weighted by Gasteiger charge is -2.25. The molecule has 1 aliphatic heterocycles. The molecule has 0 radical (unpaired) electrons. The summed E-state index contributed by atoms with van der Waals surface area (Å²) in [4.78, 5) is 14.0. The van der Waals surface area contributed by atoms with Crippen molar-refractivity contribution in [2.24, 2.45) is 0 Å². The lowest BCUT2D eigenvalue weighted by atomic mass is 10.1. The van der Waals surface area contributed by atoms with Crippen LogP contribution in [0.3, 0.4) is 0 Å². The average Bonchev–Trinajstić information content (AvgIpc) is 2.86. The van der Waals surface area contributed by atoms with Crippen molar-refractivity contribution in [3.05, 3.63) is 36.3 Å². The number of nitrogens with one attached hydrogen (secondary N) is 1. The Bertz CT molecular complexity index is 406. The Morgan fingerprint density at radius 1 is 1.39 bits per heavy atom. The van der Waals surface area contributed by atoms with Crippen LogP contribution < -0.4 is 5.32 Å². The highest BCUT2D eigenvalue weighted by Crippen LogP contribution is 2.15. The van der Waals surface area contributed by atoms with Crippen LogP contribution in [-0.2, 0) is 6.54 Å². The number of hydrogen-bond acceptors (Lipinski definition) is 3. The van der Waals surface area contributed by atoms with Crippen LogP contribution in [-0.4, -0.2) is 30.4 Å². The monoisotopic (exact) mass is 248 g/mol. The van der Waals surface area contributed by atoms with Crippen molar-refractivity contribution in [1.82, 2.24) is 10.2 Å². The molecule has 1 aromatic heterocycles. The second-order valence-electron chi connectivity index (χ2n) is 4.60. The first-order valence-electron chi connectivity index (χ1n) is 6.50. The molecule has 0 saturated carbocycles. The number of amides is 1. The molecule has 2 rings (SSSR count). The van der Waals surface area contributed by atoms with Gasteiger partial charge in [0, 0.05) is 6.54 Å². The van der Waals surface area contributed by atoms with Gasteiger partial charge in [-0.3, -0.25) is 9.69 Å². The number of rotatable bonds is 5. The third-order valence-electron chi connectivity index (χ3n) is 3.12. The lowest BCUT2D eigenvalue weighted by molar-refractivity contribution is 0.0926. The van der Waals surface area contributed by atoms with Crippen LogP contribution in [0.1, 0.15) is 35.6 Å². The van der Waals surface area contributed by atoms with Crippen LogP contribution in [0.5, 0.6) is 0 Å². The molecule has 0 aliphatic carbocycles. The Kier molecular flexibility index (Phi) is 4.59. The van der Waals surface area contributed by atoms with Gasteiger partial charge in [-0.25, -0.2) is 0 Å². The summed E-state index contributed by atoms with van der Waals surface area (Å²) in [5.74, 6) is 1.06. The van der Waals surface area contributed by atoms with Crippen molar-refractivity contribution >= 4 is 5.91 Å². The largest absolute Gasteiger partial charge is 0.455 e. The molecule has 4 heteroatoms. The van der Waals surface area contributed by atoms with E-state index in [0.29, 0.717) is 12.3 Å². The van der Waals surface area contributed by atoms with Crippen molar-refractivity contribution in [2.45, 2.75) is 25.8 Å². The Morgan fingerprint density at radius 3 is 2.89 bits per heavy atom. The summed E-state index contributed by atoms with van der Waals surface area (Å²) in [5, 5.41) is 2.70. The summed E-state index contributed by atoms with van der Waals surface area (Å²) in [6.45, 7) is 7.06. The van der Waals surface area contributed by atoms with Crippen molar-refractivity contribution in [1.29, 1.82) is 0 Å². The van der Waals surface area contributed by atoms with E-state index >= 15 is 0 Å². The normalized spacial score (nSPS) is 16.4. The van der Waals surface area contributed by atoms with Crippen molar-refractivity contribution in [2.75, 3.05) is 19.6 Å². The van der Waals surface area contributed by atoms with E-state index in [1.807, 2.05) is 6.07 Å². The van der Waals surface area contributed by atoms with Gasteiger partial charge in [0.1, 0.15) is 5.76 Å². The Balaban J connectivity index is 1.88. The third-order valence-corrected chi connectivity index (χ3v) is 3.12. The van der Waals surface area contributed by atoms with Gasteiger partial charge in [0.25, 0.3) is 5.91 Å². The molecule has 18 heavy (non-hydrogen) atoms. The van der Waals surface area contributed by atoms with Gasteiger partial charge in [-0.1, -0.05) is 12.5 Å². The summed E-state index contributed by atoms with van der Waals surface area (Å²) in [6.07, 6.45) is 5.49. The van der Waals surface area contributed by atoms with Crippen LogP contribution in [0.2, 0.25) is 0 Å². The summed E-state index contributed by atoms with van der Waals surface area (Å²) >= 11 is 0. The highest BCUT2D eigenvalue weighted by Gasteiger charge is 2.14. The second kappa shape index (κ2) is 6.40. The molecule has 2 heterocycles. The van der Waals surface area contributed by atoms with E-state index in [1.54, 1.807) is 12.1 Å². The Hall–Kier alpha value is -1.55. The maximum atomic E-state index is 11.6. The smallest absolute Gasteiger partial charge is 0.287 e. The number of nitrogens with zero attached hydrogens (tertiary/aromatic N) is 1. The molecule has 0 bridgehead atoms. The summed E-state index contributed by atoms with van der Waals surface area (Å²) in [7, 11) is 0. The van der Waals surface area contributed by atoms with Gasteiger partial charge in [-0.2, -0.15) is 0 Å². The van der Waals surface area contributed by atoms with E-state index < -0.39 is 0 Å². The summed E-state index contributed by atoms with van der Waals surface area (Å²) < 4.78 is 5.56. The topological polar surface area (TPSA) is 45.5 Å². The highest BCUT2D eigenvalue weighted by molar-refractivity contribution is 5.91. The molecule has 0 aromatic carbocycles. The number of carbonyl (C=O) groups excluding carboxylic acids is 1.